The Labute approximate surface area is 175 Å². The van der Waals surface area contributed by atoms with Gasteiger partial charge in [0.2, 0.25) is 0 Å². The maximum atomic E-state index is 2.52. The summed E-state index contributed by atoms with van der Waals surface area (Å²) in [5, 5.41) is 5.92. The third-order valence-corrected chi connectivity index (χ3v) is 8.92. The van der Waals surface area contributed by atoms with E-state index in [1.54, 1.807) is 11.0 Å². The molecule has 3 aromatic carbocycles. The Bertz CT molecular complexity index is 1050. The van der Waals surface area contributed by atoms with Crippen molar-refractivity contribution in [1.82, 2.24) is 4.57 Å². The second kappa shape index (κ2) is 8.17. The van der Waals surface area contributed by atoms with Gasteiger partial charge in [-0.25, -0.2) is 0 Å². The molecule has 2 heteroatoms. The highest BCUT2D eigenvalue weighted by Crippen LogP contribution is 2.43. The average molecular weight is 398 g/mol. The van der Waals surface area contributed by atoms with E-state index in [2.05, 4.69) is 96.5 Å². The van der Waals surface area contributed by atoms with Gasteiger partial charge in [0, 0.05) is 28.9 Å². The molecule has 0 spiro atoms. The number of rotatable bonds is 4. The van der Waals surface area contributed by atoms with Crippen LogP contribution in [0.25, 0.3) is 10.9 Å². The third-order valence-electron chi connectivity index (χ3n) is 6.37. The summed E-state index contributed by atoms with van der Waals surface area (Å²) in [5.74, 6) is 0.675. The van der Waals surface area contributed by atoms with Crippen LogP contribution in [0, 0.1) is 0 Å². The van der Waals surface area contributed by atoms with E-state index >= 15 is 0 Å². The second-order valence-electron chi connectivity index (χ2n) is 8.15. The molecule has 1 aliphatic carbocycles. The number of benzene rings is 3. The minimum atomic E-state index is -0.591. The van der Waals surface area contributed by atoms with Gasteiger partial charge < -0.3 is 4.57 Å². The van der Waals surface area contributed by atoms with Gasteiger partial charge in [-0.2, -0.15) is 0 Å². The molecule has 0 bridgehead atoms. The number of hydrogen-bond acceptors (Lipinski definition) is 0. The molecule has 0 N–H and O–H groups in total. The van der Waals surface area contributed by atoms with Crippen LogP contribution in [0.2, 0.25) is 0 Å². The Morgan fingerprint density at radius 2 is 1.24 bits per heavy atom. The van der Waals surface area contributed by atoms with E-state index in [0.717, 1.165) is 0 Å². The lowest BCUT2D eigenvalue weighted by molar-refractivity contribution is 0.432. The van der Waals surface area contributed by atoms with E-state index in [4.69, 9.17) is 0 Å². The van der Waals surface area contributed by atoms with E-state index in [0.29, 0.717) is 5.92 Å². The summed E-state index contributed by atoms with van der Waals surface area (Å²) < 4.78 is 2.52. The normalized spacial score (nSPS) is 15.2. The molecular formula is C27H28NP. The van der Waals surface area contributed by atoms with Crippen LogP contribution in [0.4, 0.5) is 0 Å². The molecule has 1 aromatic heterocycles. The van der Waals surface area contributed by atoms with Crippen molar-refractivity contribution >= 4 is 34.7 Å². The Morgan fingerprint density at radius 3 is 1.86 bits per heavy atom. The average Bonchev–Trinajstić information content (AvgIpc) is 3.09. The SMILES string of the molecule is Cn1c(C2CCCCC2)c(P(c2ccccc2)c2ccccc2)c2ccccc21. The van der Waals surface area contributed by atoms with E-state index in [1.807, 2.05) is 0 Å². The fraction of sp³-hybridized carbons (Fsp3) is 0.259. The molecule has 1 aliphatic rings. The Morgan fingerprint density at radius 1 is 0.690 bits per heavy atom. The predicted molar refractivity (Wildman–Crippen MR) is 127 cm³/mol. The van der Waals surface area contributed by atoms with E-state index in [9.17, 15) is 0 Å². The Hall–Kier alpha value is -2.37. The molecular weight excluding hydrogens is 369 g/mol. The standard InChI is InChI=1S/C27H28NP/c1-28-25-20-12-11-19-24(25)27(26(28)21-13-5-2-6-14-21)29(22-15-7-3-8-16-22)23-17-9-4-10-18-23/h3-4,7-12,15-21H,2,5-6,13-14H2,1H3. The van der Waals surface area contributed by atoms with Crippen molar-refractivity contribution in [3.05, 3.63) is 90.6 Å². The van der Waals surface area contributed by atoms with Gasteiger partial charge in [0.15, 0.2) is 0 Å². The number of fused-ring (bicyclic) bond motifs is 1. The molecule has 0 amide bonds. The molecule has 0 unspecified atom stereocenters. The summed E-state index contributed by atoms with van der Waals surface area (Å²) in [7, 11) is 1.70. The molecule has 146 valence electrons. The van der Waals surface area contributed by atoms with Crippen molar-refractivity contribution in [1.29, 1.82) is 0 Å². The summed E-state index contributed by atoms with van der Waals surface area (Å²) in [6.45, 7) is 0. The minimum absolute atomic E-state index is 0.591. The molecule has 1 nitrogen and oxygen atoms in total. The molecule has 0 saturated heterocycles. The molecule has 4 aromatic rings. The van der Waals surface area contributed by atoms with Gasteiger partial charge >= 0.3 is 0 Å². The second-order valence-corrected chi connectivity index (χ2v) is 10.3. The Balaban J connectivity index is 1.81. The smallest absolute Gasteiger partial charge is 0.0486 e. The predicted octanol–water partition coefficient (Wildman–Crippen LogP) is 5.98. The number of para-hydroxylation sites is 1. The van der Waals surface area contributed by atoms with E-state index in [-0.39, 0.29) is 0 Å². The summed E-state index contributed by atoms with van der Waals surface area (Å²) in [6, 6.07) is 31.4. The van der Waals surface area contributed by atoms with Gasteiger partial charge in [-0.3, -0.25) is 0 Å². The van der Waals surface area contributed by atoms with E-state index in [1.165, 1.54) is 53.6 Å². The highest BCUT2D eigenvalue weighted by atomic mass is 31.1. The van der Waals surface area contributed by atoms with Gasteiger partial charge in [0.1, 0.15) is 0 Å². The molecule has 1 saturated carbocycles. The number of nitrogens with zero attached hydrogens (tertiary/aromatic N) is 1. The van der Waals surface area contributed by atoms with Crippen molar-refractivity contribution in [2.45, 2.75) is 38.0 Å². The van der Waals surface area contributed by atoms with Gasteiger partial charge in [-0.05, 0) is 43.4 Å². The molecule has 1 heterocycles. The van der Waals surface area contributed by atoms with Gasteiger partial charge in [0.25, 0.3) is 0 Å². The number of aryl methyl sites for hydroxylation is 1. The minimum Gasteiger partial charge on any atom is -0.347 e. The largest absolute Gasteiger partial charge is 0.347 e. The van der Waals surface area contributed by atoms with Crippen LogP contribution in [-0.4, -0.2) is 4.57 Å². The number of aromatic nitrogens is 1. The molecule has 0 atom stereocenters. The van der Waals surface area contributed by atoms with Crippen LogP contribution >= 0.6 is 7.92 Å². The van der Waals surface area contributed by atoms with Crippen LogP contribution in [0.3, 0.4) is 0 Å². The first-order valence-electron chi connectivity index (χ1n) is 10.8. The summed E-state index contributed by atoms with van der Waals surface area (Å²) in [5.41, 5.74) is 2.96. The first kappa shape index (κ1) is 18.6. The van der Waals surface area contributed by atoms with Crippen molar-refractivity contribution in [3.8, 4) is 0 Å². The summed E-state index contributed by atoms with van der Waals surface area (Å²) in [4.78, 5) is 0. The van der Waals surface area contributed by atoms with Crippen LogP contribution in [-0.2, 0) is 7.05 Å². The molecule has 0 radical (unpaired) electrons. The molecule has 0 aliphatic heterocycles. The van der Waals surface area contributed by atoms with Gasteiger partial charge in [-0.1, -0.05) is 98.1 Å². The first-order chi connectivity index (χ1) is 14.3. The third kappa shape index (κ3) is 3.43. The lowest BCUT2D eigenvalue weighted by Crippen LogP contribution is -2.25. The fourth-order valence-electron chi connectivity index (χ4n) is 5.03. The van der Waals surface area contributed by atoms with Crippen molar-refractivity contribution < 1.29 is 0 Å². The fourth-order valence-corrected chi connectivity index (χ4v) is 7.78. The van der Waals surface area contributed by atoms with E-state index < -0.39 is 7.92 Å². The zero-order valence-corrected chi connectivity index (χ0v) is 18.0. The van der Waals surface area contributed by atoms with Crippen LogP contribution in [0.1, 0.15) is 43.7 Å². The lowest BCUT2D eigenvalue weighted by atomic mass is 9.87. The number of hydrogen-bond donors (Lipinski definition) is 0. The Kier molecular flexibility index (Phi) is 5.25. The maximum absolute atomic E-state index is 2.52. The topological polar surface area (TPSA) is 4.93 Å². The lowest BCUT2D eigenvalue weighted by Gasteiger charge is -2.27. The van der Waals surface area contributed by atoms with Crippen molar-refractivity contribution in [2.24, 2.45) is 7.05 Å². The quantitative estimate of drug-likeness (QED) is 0.373. The zero-order chi connectivity index (χ0) is 19.6. The van der Waals surface area contributed by atoms with Gasteiger partial charge in [-0.15, -0.1) is 0 Å². The molecule has 5 rings (SSSR count). The van der Waals surface area contributed by atoms with Crippen molar-refractivity contribution in [2.75, 3.05) is 0 Å². The molecule has 1 fully saturated rings. The van der Waals surface area contributed by atoms with Crippen molar-refractivity contribution in [3.63, 3.8) is 0 Å². The monoisotopic (exact) mass is 397 g/mol. The van der Waals surface area contributed by atoms with Crippen LogP contribution in [0.5, 0.6) is 0 Å². The maximum Gasteiger partial charge on any atom is 0.0486 e. The first-order valence-corrected chi connectivity index (χ1v) is 12.2. The molecule has 29 heavy (non-hydrogen) atoms. The highest BCUT2D eigenvalue weighted by molar-refractivity contribution is 7.80. The summed E-state index contributed by atoms with van der Waals surface area (Å²) in [6.07, 6.45) is 6.76. The summed E-state index contributed by atoms with van der Waals surface area (Å²) >= 11 is 0. The van der Waals surface area contributed by atoms with Gasteiger partial charge in [0.05, 0.1) is 0 Å². The highest BCUT2D eigenvalue weighted by Gasteiger charge is 2.30. The van der Waals surface area contributed by atoms with Crippen LogP contribution in [0.15, 0.2) is 84.9 Å². The zero-order valence-electron chi connectivity index (χ0n) is 17.1. The van der Waals surface area contributed by atoms with Crippen LogP contribution < -0.4 is 15.9 Å².